The maximum absolute atomic E-state index is 5.38. The lowest BCUT2D eigenvalue weighted by Gasteiger charge is -1.93. The molecule has 0 bridgehead atoms. The van der Waals surface area contributed by atoms with Crippen molar-refractivity contribution in [1.29, 1.82) is 0 Å². The molecule has 1 atom stereocenters. The van der Waals surface area contributed by atoms with E-state index in [9.17, 15) is 0 Å². The molecule has 0 saturated carbocycles. The number of halogens is 7. The van der Waals surface area contributed by atoms with E-state index in [1.807, 2.05) is 0 Å². The summed E-state index contributed by atoms with van der Waals surface area (Å²) < 4.78 is 0. The first-order valence-corrected chi connectivity index (χ1v) is 8.54. The lowest BCUT2D eigenvalue weighted by Crippen LogP contribution is -1.98. The fourth-order valence-electron chi connectivity index (χ4n) is 0.109. The molecule has 0 amide bonds. The third-order valence-electron chi connectivity index (χ3n) is 0.691. The highest BCUT2D eigenvalue weighted by molar-refractivity contribution is 9.12. The van der Waals surface area contributed by atoms with Gasteiger partial charge in [0.15, 0.2) is 0 Å². The molecule has 0 saturated heterocycles. The molecular weight excluding hydrogens is 445 g/mol. The second-order valence-corrected chi connectivity index (χ2v) is 5.31. The lowest BCUT2D eigenvalue weighted by molar-refractivity contribution is 1.18. The summed E-state index contributed by atoms with van der Waals surface area (Å²) in [7, 11) is 0. The van der Waals surface area contributed by atoms with E-state index in [4.69, 9.17) is 58.0 Å². The Morgan fingerprint density at radius 1 is 0.938 bits per heavy atom. The Kier molecular flexibility index (Phi) is 36.9. The molecule has 0 aromatic heterocycles. The zero-order valence-electron chi connectivity index (χ0n) is 8.36. The van der Waals surface area contributed by atoms with Crippen LogP contribution in [0.2, 0.25) is 0 Å². The minimum absolute atomic E-state index is 0.430. The van der Waals surface area contributed by atoms with Crippen LogP contribution in [0.1, 0.15) is 0 Å². The van der Waals surface area contributed by atoms with Gasteiger partial charge in [0.25, 0.3) is 0 Å². The lowest BCUT2D eigenvalue weighted by atomic mass is 10.6. The summed E-state index contributed by atoms with van der Waals surface area (Å²) in [6.07, 6.45) is 3.31. The first-order valence-electron chi connectivity index (χ1n) is 4.02. The summed E-state index contributed by atoms with van der Waals surface area (Å²) in [6, 6.07) is 0. The number of alkyl halides is 5. The van der Waals surface area contributed by atoms with Crippen LogP contribution >= 0.6 is 89.9 Å². The van der Waals surface area contributed by atoms with Crippen LogP contribution in [0.15, 0.2) is 23.2 Å². The molecule has 0 N–H and O–H groups in total. The third kappa shape index (κ3) is 36.0. The summed E-state index contributed by atoms with van der Waals surface area (Å²) in [5.74, 6) is 1.68. The maximum atomic E-state index is 5.38. The normalized spacial score (nSPS) is 11.7. The highest BCUT2D eigenvalue weighted by atomic mass is 79.9. The molecule has 0 nitrogen and oxygen atoms in total. The van der Waals surface area contributed by atoms with Crippen LogP contribution in [0.4, 0.5) is 0 Å². The Morgan fingerprint density at radius 2 is 1.31 bits per heavy atom. The van der Waals surface area contributed by atoms with Crippen LogP contribution in [0.5, 0.6) is 0 Å². The van der Waals surface area contributed by atoms with Gasteiger partial charge in [-0.25, -0.2) is 0 Å². The third-order valence-corrected chi connectivity index (χ3v) is 4.45. The Hall–Kier alpha value is 1.89. The SMILES string of the molecule is ClC=CCCl.ClC=CCCl.ClCC(Br)CBr. The van der Waals surface area contributed by atoms with Crippen molar-refractivity contribution in [3.63, 3.8) is 0 Å². The molecule has 0 spiro atoms. The fraction of sp³-hybridized carbons (Fsp3) is 0.556. The number of rotatable bonds is 4. The minimum atomic E-state index is 0.430. The molecule has 16 heavy (non-hydrogen) atoms. The van der Waals surface area contributed by atoms with Crippen molar-refractivity contribution in [1.82, 2.24) is 0 Å². The van der Waals surface area contributed by atoms with Gasteiger partial charge in [-0.2, -0.15) is 0 Å². The smallest absolute Gasteiger partial charge is 0.0415 e. The second-order valence-electron chi connectivity index (χ2n) is 1.94. The molecule has 98 valence electrons. The number of hydrogen-bond donors (Lipinski definition) is 0. The van der Waals surface area contributed by atoms with Crippen molar-refractivity contribution >= 4 is 89.9 Å². The van der Waals surface area contributed by atoms with E-state index in [1.54, 1.807) is 12.2 Å². The summed E-state index contributed by atoms with van der Waals surface area (Å²) in [5, 5.41) is 0.927. The molecule has 0 rings (SSSR count). The molecule has 0 heterocycles. The van der Waals surface area contributed by atoms with E-state index in [2.05, 4.69) is 31.9 Å². The van der Waals surface area contributed by atoms with E-state index in [0.29, 0.717) is 22.5 Å². The first-order chi connectivity index (χ1) is 7.64. The van der Waals surface area contributed by atoms with Crippen molar-refractivity contribution < 1.29 is 0 Å². The Balaban J connectivity index is -0.000000160. The summed E-state index contributed by atoms with van der Waals surface area (Å²) in [5.41, 5.74) is 2.79. The monoisotopic (exact) mass is 454 g/mol. The highest BCUT2D eigenvalue weighted by Gasteiger charge is 1.94. The average molecular weight is 458 g/mol. The molecule has 0 aromatic carbocycles. The van der Waals surface area contributed by atoms with Gasteiger partial charge in [-0.15, -0.1) is 34.8 Å². The van der Waals surface area contributed by atoms with Gasteiger partial charge >= 0.3 is 0 Å². The predicted octanol–water partition coefficient (Wildman–Crippen LogP) is 6.34. The molecular formula is C9H13Br2Cl5. The predicted molar refractivity (Wildman–Crippen MR) is 88.7 cm³/mol. The summed E-state index contributed by atoms with van der Waals surface area (Å²) in [4.78, 5) is 0.430. The van der Waals surface area contributed by atoms with Gasteiger partial charge in [0, 0.05) is 38.9 Å². The largest absolute Gasteiger partial charge is 0.125 e. The zero-order valence-corrected chi connectivity index (χ0v) is 15.3. The average Bonchev–Trinajstić information content (AvgIpc) is 2.32. The molecule has 0 aromatic rings. The van der Waals surface area contributed by atoms with Gasteiger partial charge in [0.2, 0.25) is 0 Å². The van der Waals surface area contributed by atoms with Gasteiger partial charge in [0.05, 0.1) is 0 Å². The van der Waals surface area contributed by atoms with Crippen molar-refractivity contribution in [2.45, 2.75) is 4.83 Å². The standard InChI is InChI=1S/C3H5Br2Cl.2C3H4Cl2/c4-1-3(5)2-6;2*4-2-1-3-5/h3H,1-2H2;2*1-2H,3H2. The summed E-state index contributed by atoms with van der Waals surface area (Å²) >= 11 is 32.2. The van der Waals surface area contributed by atoms with Crippen molar-refractivity contribution in [3.05, 3.63) is 23.2 Å². The molecule has 0 radical (unpaired) electrons. The molecule has 0 aliphatic rings. The van der Waals surface area contributed by atoms with E-state index in [0.717, 1.165) is 5.33 Å². The van der Waals surface area contributed by atoms with E-state index >= 15 is 0 Å². The second kappa shape index (κ2) is 25.7. The number of hydrogen-bond acceptors (Lipinski definition) is 0. The minimum Gasteiger partial charge on any atom is -0.125 e. The molecule has 7 heteroatoms. The van der Waals surface area contributed by atoms with Crippen LogP contribution in [-0.2, 0) is 0 Å². The van der Waals surface area contributed by atoms with Crippen molar-refractivity contribution in [2.24, 2.45) is 0 Å². The first kappa shape index (κ1) is 23.0. The van der Waals surface area contributed by atoms with E-state index in [-0.39, 0.29) is 0 Å². The van der Waals surface area contributed by atoms with Crippen LogP contribution in [-0.4, -0.2) is 27.8 Å². The van der Waals surface area contributed by atoms with Crippen molar-refractivity contribution in [3.8, 4) is 0 Å². The molecule has 0 aliphatic heterocycles. The Bertz CT molecular complexity index is 137. The van der Waals surface area contributed by atoms with Crippen LogP contribution in [0, 0.1) is 0 Å². The van der Waals surface area contributed by atoms with Crippen LogP contribution in [0.25, 0.3) is 0 Å². The van der Waals surface area contributed by atoms with Gasteiger partial charge in [-0.1, -0.05) is 67.2 Å². The van der Waals surface area contributed by atoms with Gasteiger partial charge in [-0.05, 0) is 0 Å². The topological polar surface area (TPSA) is 0 Å². The molecule has 0 aliphatic carbocycles. The maximum Gasteiger partial charge on any atom is 0.0415 e. The van der Waals surface area contributed by atoms with E-state index < -0.39 is 0 Å². The summed E-state index contributed by atoms with van der Waals surface area (Å²) in [6.45, 7) is 0. The van der Waals surface area contributed by atoms with Crippen LogP contribution in [0.3, 0.4) is 0 Å². The zero-order chi connectivity index (χ0) is 13.2. The fourth-order valence-corrected chi connectivity index (χ4v) is 1.25. The van der Waals surface area contributed by atoms with Crippen LogP contribution < -0.4 is 0 Å². The van der Waals surface area contributed by atoms with E-state index in [1.165, 1.54) is 11.1 Å². The van der Waals surface area contributed by atoms with Gasteiger partial charge in [-0.3, -0.25) is 0 Å². The van der Waals surface area contributed by atoms with Gasteiger partial charge < -0.3 is 0 Å². The quantitative estimate of drug-likeness (QED) is 0.432. The number of allylic oxidation sites excluding steroid dienone is 2. The molecule has 1 unspecified atom stereocenters. The Labute approximate surface area is 140 Å². The van der Waals surface area contributed by atoms with Crippen molar-refractivity contribution in [2.75, 3.05) is 23.0 Å². The molecule has 0 fully saturated rings. The van der Waals surface area contributed by atoms with Gasteiger partial charge in [0.1, 0.15) is 0 Å². The highest BCUT2D eigenvalue weighted by Crippen LogP contribution is 2.03. The Morgan fingerprint density at radius 3 is 1.31 bits per heavy atom.